The van der Waals surface area contributed by atoms with Crippen LogP contribution in [0.3, 0.4) is 0 Å². The molecule has 1 aliphatic rings. The van der Waals surface area contributed by atoms with Crippen LogP contribution in [0.5, 0.6) is 0 Å². The summed E-state index contributed by atoms with van der Waals surface area (Å²) in [7, 11) is 1.96. The second-order valence-corrected chi connectivity index (χ2v) is 14.3. The second-order valence-electron chi connectivity index (χ2n) is 14.3. The summed E-state index contributed by atoms with van der Waals surface area (Å²) >= 11 is 0. The summed E-state index contributed by atoms with van der Waals surface area (Å²) in [6.45, 7) is 4.75. The first-order valence-electron chi connectivity index (χ1n) is 18.3. The van der Waals surface area contributed by atoms with Crippen LogP contribution in [0.2, 0.25) is 0 Å². The zero-order valence-electron chi connectivity index (χ0n) is 30.2. The van der Waals surface area contributed by atoms with Crippen LogP contribution in [0.25, 0.3) is 49.7 Å². The Morgan fingerprint density at radius 2 is 1.36 bits per heavy atom. The maximum atomic E-state index is 5.25. The molecule has 0 radical (unpaired) electrons. The van der Waals surface area contributed by atoms with Gasteiger partial charge < -0.3 is 4.57 Å². The van der Waals surface area contributed by atoms with Gasteiger partial charge in [0.25, 0.3) is 0 Å². The highest BCUT2D eigenvalue weighted by atomic mass is 15.1. The van der Waals surface area contributed by atoms with E-state index in [4.69, 9.17) is 9.98 Å². The zero-order chi connectivity index (χ0) is 35.9. The van der Waals surface area contributed by atoms with Crippen LogP contribution in [0.1, 0.15) is 47.8 Å². The first-order chi connectivity index (χ1) is 26.0. The van der Waals surface area contributed by atoms with Crippen LogP contribution in [0.15, 0.2) is 180 Å². The Morgan fingerprint density at radius 1 is 0.642 bits per heavy atom. The van der Waals surface area contributed by atoms with Gasteiger partial charge in [0.05, 0.1) is 11.0 Å². The first-order valence-corrected chi connectivity index (χ1v) is 18.3. The van der Waals surface area contributed by atoms with E-state index < -0.39 is 0 Å². The molecule has 0 aliphatic heterocycles. The molecule has 0 bridgehead atoms. The third-order valence-corrected chi connectivity index (χ3v) is 10.7. The van der Waals surface area contributed by atoms with E-state index in [9.17, 15) is 0 Å². The van der Waals surface area contributed by atoms with Crippen molar-refractivity contribution in [1.29, 1.82) is 0 Å². The molecule has 1 N–H and O–H groups in total. The van der Waals surface area contributed by atoms with Crippen LogP contribution < -0.4 is 5.32 Å². The molecule has 4 nitrogen and oxygen atoms in total. The average molecular weight is 685 g/mol. The van der Waals surface area contributed by atoms with Gasteiger partial charge in [-0.2, -0.15) is 0 Å². The lowest BCUT2D eigenvalue weighted by atomic mass is 9.81. The molecule has 0 spiro atoms. The Balaban J connectivity index is 1.24. The van der Waals surface area contributed by atoms with Gasteiger partial charge in [-0.1, -0.05) is 159 Å². The van der Waals surface area contributed by atoms with Crippen molar-refractivity contribution < 1.29 is 0 Å². The molecular formula is C49H40N4. The third kappa shape index (κ3) is 5.69. The van der Waals surface area contributed by atoms with Gasteiger partial charge in [0, 0.05) is 33.7 Å². The fraction of sp³-hybridized carbons (Fsp3) is 0.102. The fourth-order valence-electron chi connectivity index (χ4n) is 8.15. The Labute approximate surface area is 310 Å². The SMILES string of the molecule is CNC(/N=C(\N=C\c1ccccc1)c1ccccc1)c1cccc(-n2c3ccc(-c4ccccc4)cc3c3ccc4c(c32)C(C)(C)c2ccccc2-4)c1. The van der Waals surface area contributed by atoms with Crippen LogP contribution in [-0.4, -0.2) is 23.7 Å². The summed E-state index contributed by atoms with van der Waals surface area (Å²) in [5.41, 5.74) is 14.2. The van der Waals surface area contributed by atoms with Crippen molar-refractivity contribution in [3.8, 4) is 27.9 Å². The van der Waals surface area contributed by atoms with Crippen LogP contribution >= 0.6 is 0 Å². The summed E-state index contributed by atoms with van der Waals surface area (Å²) in [4.78, 5) is 10.2. The number of nitrogens with one attached hydrogen (secondary N) is 1. The van der Waals surface area contributed by atoms with Crippen molar-refractivity contribution >= 4 is 33.9 Å². The summed E-state index contributed by atoms with van der Waals surface area (Å²) in [5, 5.41) is 5.98. The lowest BCUT2D eigenvalue weighted by Crippen LogP contribution is -2.17. The topological polar surface area (TPSA) is 41.7 Å². The van der Waals surface area contributed by atoms with Crippen molar-refractivity contribution in [3.63, 3.8) is 0 Å². The van der Waals surface area contributed by atoms with E-state index in [0.717, 1.165) is 22.4 Å². The lowest BCUT2D eigenvalue weighted by Gasteiger charge is -2.24. The molecule has 8 aromatic rings. The molecule has 1 aliphatic carbocycles. The highest BCUT2D eigenvalue weighted by Gasteiger charge is 2.38. The van der Waals surface area contributed by atoms with Gasteiger partial charge in [-0.25, -0.2) is 9.98 Å². The number of hydrogen-bond donors (Lipinski definition) is 1. The van der Waals surface area contributed by atoms with Gasteiger partial charge in [0.2, 0.25) is 0 Å². The number of fused-ring (bicyclic) bond motifs is 7. The van der Waals surface area contributed by atoms with Gasteiger partial charge in [0.1, 0.15) is 6.17 Å². The van der Waals surface area contributed by atoms with E-state index in [1.54, 1.807) is 0 Å². The maximum Gasteiger partial charge on any atom is 0.156 e. The Bertz CT molecular complexity index is 2670. The van der Waals surface area contributed by atoms with E-state index in [1.807, 2.05) is 49.7 Å². The minimum atomic E-state index is -0.331. The molecule has 9 rings (SSSR count). The molecule has 0 amide bonds. The van der Waals surface area contributed by atoms with Gasteiger partial charge in [-0.3, -0.25) is 5.32 Å². The Morgan fingerprint density at radius 3 is 2.13 bits per heavy atom. The molecule has 0 saturated heterocycles. The van der Waals surface area contributed by atoms with E-state index >= 15 is 0 Å². The van der Waals surface area contributed by atoms with Crippen molar-refractivity contribution in [3.05, 3.63) is 198 Å². The number of hydrogen-bond acceptors (Lipinski definition) is 2. The molecule has 53 heavy (non-hydrogen) atoms. The third-order valence-electron chi connectivity index (χ3n) is 10.7. The molecular weight excluding hydrogens is 645 g/mol. The minimum Gasteiger partial charge on any atom is -0.309 e. The molecule has 7 aromatic carbocycles. The standard InChI is InChI=1S/C49H40N4/c1-49(2)43-25-14-13-24-39(43)40-27-28-41-42-31-36(34-18-9-5-10-19-34)26-29-44(42)53(46(41)45(40)49)38-23-15-22-37(30-38)47(50-3)52-48(35-20-11-6-12-21-35)51-32-33-16-7-4-8-17-33/h4-32,47,50H,1-3H3/b51-32+,52-48-. The Kier molecular flexibility index (Phi) is 8.18. The summed E-state index contributed by atoms with van der Waals surface area (Å²) in [6, 6.07) is 60.3. The number of aliphatic imine (C=N–C) groups is 2. The van der Waals surface area contributed by atoms with Gasteiger partial charge in [-0.15, -0.1) is 0 Å². The zero-order valence-corrected chi connectivity index (χ0v) is 30.2. The summed E-state index contributed by atoms with van der Waals surface area (Å²) in [5.74, 6) is 0.668. The molecule has 1 unspecified atom stereocenters. The molecule has 256 valence electrons. The molecule has 1 aromatic heterocycles. The Hall–Kier alpha value is -6.36. The number of benzene rings is 7. The quantitative estimate of drug-likeness (QED) is 0.132. The van der Waals surface area contributed by atoms with Gasteiger partial charge >= 0.3 is 0 Å². The minimum absolute atomic E-state index is 0.184. The van der Waals surface area contributed by atoms with E-state index in [1.165, 1.54) is 55.2 Å². The monoisotopic (exact) mass is 684 g/mol. The van der Waals surface area contributed by atoms with Crippen molar-refractivity contribution in [2.24, 2.45) is 9.98 Å². The van der Waals surface area contributed by atoms with Crippen molar-refractivity contribution in [2.75, 3.05) is 7.05 Å². The second kappa shape index (κ2) is 13.3. The predicted octanol–water partition coefficient (Wildman–Crippen LogP) is 11.5. The van der Waals surface area contributed by atoms with Gasteiger partial charge in [-0.05, 0) is 75.8 Å². The summed E-state index contributed by atoms with van der Waals surface area (Å²) in [6.07, 6.45) is 1.55. The smallest absolute Gasteiger partial charge is 0.156 e. The van der Waals surface area contributed by atoms with Crippen LogP contribution in [0.4, 0.5) is 0 Å². The predicted molar refractivity (Wildman–Crippen MR) is 223 cm³/mol. The van der Waals surface area contributed by atoms with Crippen molar-refractivity contribution in [1.82, 2.24) is 9.88 Å². The normalized spacial score (nSPS) is 14.1. The van der Waals surface area contributed by atoms with Crippen LogP contribution in [0, 0.1) is 0 Å². The molecule has 0 fully saturated rings. The largest absolute Gasteiger partial charge is 0.309 e. The van der Waals surface area contributed by atoms with Gasteiger partial charge in [0.15, 0.2) is 5.84 Å². The van der Waals surface area contributed by atoms with Crippen LogP contribution in [-0.2, 0) is 5.41 Å². The summed E-state index contributed by atoms with van der Waals surface area (Å²) < 4.78 is 2.48. The number of nitrogens with zero attached hydrogens (tertiary/aromatic N) is 3. The fourth-order valence-corrected chi connectivity index (χ4v) is 8.15. The lowest BCUT2D eigenvalue weighted by molar-refractivity contribution is 0.624. The highest BCUT2D eigenvalue weighted by molar-refractivity contribution is 6.14. The maximum absolute atomic E-state index is 5.25. The molecule has 0 saturated carbocycles. The van der Waals surface area contributed by atoms with E-state index in [0.29, 0.717) is 5.84 Å². The van der Waals surface area contributed by atoms with E-state index in [-0.39, 0.29) is 11.6 Å². The average Bonchev–Trinajstić information content (AvgIpc) is 3.67. The molecule has 1 heterocycles. The number of rotatable bonds is 7. The van der Waals surface area contributed by atoms with E-state index in [2.05, 4.69) is 157 Å². The number of aromatic nitrogens is 1. The first kappa shape index (κ1) is 32.5. The molecule has 4 heteroatoms. The number of amidine groups is 1. The molecule has 1 atom stereocenters. The highest BCUT2D eigenvalue weighted by Crippen LogP contribution is 2.53. The van der Waals surface area contributed by atoms with Crippen molar-refractivity contribution in [2.45, 2.75) is 25.4 Å².